The van der Waals surface area contributed by atoms with E-state index < -0.39 is 0 Å². The van der Waals surface area contributed by atoms with Crippen LogP contribution in [0.1, 0.15) is 22.1 Å². The van der Waals surface area contributed by atoms with Crippen LogP contribution in [0.2, 0.25) is 0 Å². The van der Waals surface area contributed by atoms with E-state index in [4.69, 9.17) is 4.74 Å². The molecule has 156 valence electrons. The predicted octanol–water partition coefficient (Wildman–Crippen LogP) is 4.78. The maximum Gasteiger partial charge on any atom is 0.248 e. The number of nitrogens with zero attached hydrogens (tertiary/aromatic N) is 3. The molecule has 1 amide bonds. The molecule has 0 aliphatic rings. The number of hydrogen-bond acceptors (Lipinski definition) is 6. The van der Waals surface area contributed by atoms with E-state index in [1.807, 2.05) is 67.8 Å². The van der Waals surface area contributed by atoms with Crippen molar-refractivity contribution in [2.24, 2.45) is 0 Å². The molecule has 2 heterocycles. The van der Waals surface area contributed by atoms with Crippen molar-refractivity contribution in [1.82, 2.24) is 20.2 Å². The van der Waals surface area contributed by atoms with Gasteiger partial charge in [-0.2, -0.15) is 5.10 Å². The highest BCUT2D eigenvalue weighted by Gasteiger charge is 2.07. The number of amides is 1. The minimum atomic E-state index is -0.242. The van der Waals surface area contributed by atoms with E-state index >= 15 is 0 Å². The van der Waals surface area contributed by atoms with Crippen LogP contribution in [0.4, 0.5) is 5.69 Å². The fourth-order valence-corrected chi connectivity index (χ4v) is 3.53. The van der Waals surface area contributed by atoms with Crippen LogP contribution in [0, 0.1) is 13.8 Å². The van der Waals surface area contributed by atoms with Gasteiger partial charge in [0.15, 0.2) is 5.82 Å². The van der Waals surface area contributed by atoms with Crippen LogP contribution in [0.25, 0.3) is 17.5 Å². The molecule has 0 radical (unpaired) electrons. The summed E-state index contributed by atoms with van der Waals surface area (Å²) in [5.74, 6) is 1.77. The SMILES string of the molecule is Cc1nc(-c2cccc(NC(=O)/C=C/c3ccccc3OCc3csc(C)n3)c2)n[nH]1. The molecule has 0 saturated carbocycles. The van der Waals surface area contributed by atoms with Gasteiger partial charge in [-0.25, -0.2) is 9.97 Å². The van der Waals surface area contributed by atoms with E-state index in [0.717, 1.165) is 27.7 Å². The van der Waals surface area contributed by atoms with Crippen molar-refractivity contribution in [3.8, 4) is 17.1 Å². The number of H-pyrrole nitrogens is 1. The van der Waals surface area contributed by atoms with Crippen LogP contribution >= 0.6 is 11.3 Å². The van der Waals surface area contributed by atoms with Crippen molar-refractivity contribution >= 4 is 29.0 Å². The summed E-state index contributed by atoms with van der Waals surface area (Å²) in [6.07, 6.45) is 3.22. The number of anilines is 1. The molecule has 4 aromatic rings. The van der Waals surface area contributed by atoms with Crippen LogP contribution in [0.5, 0.6) is 5.75 Å². The zero-order chi connectivity index (χ0) is 21.6. The topological polar surface area (TPSA) is 92.8 Å². The van der Waals surface area contributed by atoms with Crippen molar-refractivity contribution in [3.63, 3.8) is 0 Å². The maximum absolute atomic E-state index is 12.4. The Morgan fingerprint density at radius 2 is 2.03 bits per heavy atom. The molecule has 2 aromatic heterocycles. The Kier molecular flexibility index (Phi) is 6.18. The van der Waals surface area contributed by atoms with E-state index in [-0.39, 0.29) is 5.91 Å². The number of para-hydroxylation sites is 1. The molecule has 0 aliphatic heterocycles. The summed E-state index contributed by atoms with van der Waals surface area (Å²) in [4.78, 5) is 21.2. The lowest BCUT2D eigenvalue weighted by molar-refractivity contribution is -0.111. The molecule has 4 rings (SSSR count). The van der Waals surface area contributed by atoms with Gasteiger partial charge in [-0.15, -0.1) is 11.3 Å². The Labute approximate surface area is 183 Å². The van der Waals surface area contributed by atoms with Crippen LogP contribution in [0.15, 0.2) is 60.0 Å². The van der Waals surface area contributed by atoms with Gasteiger partial charge in [-0.05, 0) is 38.1 Å². The van der Waals surface area contributed by atoms with Crippen LogP contribution in [0.3, 0.4) is 0 Å². The van der Waals surface area contributed by atoms with Gasteiger partial charge in [0.05, 0.1) is 10.7 Å². The standard InChI is InChI=1S/C23H21N5O2S/c1-15-24-23(28-27-15)18-7-5-8-19(12-18)26-22(29)11-10-17-6-3-4-9-21(17)30-13-20-14-31-16(2)25-20/h3-12,14H,13H2,1-2H3,(H,26,29)(H,24,27,28)/b11-10+. The number of nitrogens with one attached hydrogen (secondary N) is 2. The van der Waals surface area contributed by atoms with Gasteiger partial charge in [0, 0.05) is 28.3 Å². The highest BCUT2D eigenvalue weighted by atomic mass is 32.1. The predicted molar refractivity (Wildman–Crippen MR) is 122 cm³/mol. The zero-order valence-corrected chi connectivity index (χ0v) is 17.9. The summed E-state index contributed by atoms with van der Waals surface area (Å²) in [6.45, 7) is 4.19. The first-order chi connectivity index (χ1) is 15.1. The van der Waals surface area contributed by atoms with Crippen molar-refractivity contribution in [1.29, 1.82) is 0 Å². The molecule has 0 atom stereocenters. The Morgan fingerprint density at radius 1 is 1.16 bits per heavy atom. The van der Waals surface area contributed by atoms with Gasteiger partial charge in [0.1, 0.15) is 18.2 Å². The van der Waals surface area contributed by atoms with Crippen LogP contribution < -0.4 is 10.1 Å². The van der Waals surface area contributed by atoms with E-state index in [0.29, 0.717) is 23.9 Å². The smallest absolute Gasteiger partial charge is 0.248 e. The first kappa shape index (κ1) is 20.5. The molecule has 31 heavy (non-hydrogen) atoms. The number of carbonyl (C=O) groups excluding carboxylic acids is 1. The lowest BCUT2D eigenvalue weighted by atomic mass is 10.1. The number of thiazole rings is 1. The van der Waals surface area contributed by atoms with Crippen LogP contribution in [-0.2, 0) is 11.4 Å². The van der Waals surface area contributed by atoms with Gasteiger partial charge in [-0.3, -0.25) is 9.89 Å². The number of rotatable bonds is 7. The largest absolute Gasteiger partial charge is 0.487 e. The van der Waals surface area contributed by atoms with Crippen molar-refractivity contribution in [2.45, 2.75) is 20.5 Å². The quantitative estimate of drug-likeness (QED) is 0.411. The maximum atomic E-state index is 12.4. The molecule has 0 unspecified atom stereocenters. The number of aromatic amines is 1. The number of carbonyl (C=O) groups is 1. The highest BCUT2D eigenvalue weighted by Crippen LogP contribution is 2.22. The van der Waals surface area contributed by atoms with E-state index in [2.05, 4.69) is 25.5 Å². The Balaban J connectivity index is 1.41. The third-order valence-electron chi connectivity index (χ3n) is 4.36. The number of ether oxygens (including phenoxy) is 1. The number of aryl methyl sites for hydroxylation is 2. The van der Waals surface area contributed by atoms with E-state index in [1.54, 1.807) is 17.4 Å². The second-order valence-corrected chi connectivity index (χ2v) is 7.89. The highest BCUT2D eigenvalue weighted by molar-refractivity contribution is 7.09. The Bertz CT molecular complexity index is 1230. The van der Waals surface area contributed by atoms with Crippen molar-refractivity contribution in [2.75, 3.05) is 5.32 Å². The number of aromatic nitrogens is 4. The minimum absolute atomic E-state index is 0.242. The van der Waals surface area contributed by atoms with Gasteiger partial charge in [-0.1, -0.05) is 30.3 Å². The average Bonchev–Trinajstić information content (AvgIpc) is 3.39. The lowest BCUT2D eigenvalue weighted by Gasteiger charge is -2.08. The van der Waals surface area contributed by atoms with E-state index in [1.165, 1.54) is 6.08 Å². The minimum Gasteiger partial charge on any atom is -0.487 e. The molecule has 2 N–H and O–H groups in total. The fraction of sp³-hybridized carbons (Fsp3) is 0.130. The van der Waals surface area contributed by atoms with Gasteiger partial charge >= 0.3 is 0 Å². The normalized spacial score (nSPS) is 11.0. The summed E-state index contributed by atoms with van der Waals surface area (Å²) in [5, 5.41) is 12.8. The fourth-order valence-electron chi connectivity index (χ4n) is 2.93. The molecule has 0 aliphatic carbocycles. The second-order valence-electron chi connectivity index (χ2n) is 6.83. The monoisotopic (exact) mass is 431 g/mol. The molecule has 0 spiro atoms. The summed E-state index contributed by atoms with van der Waals surface area (Å²) in [5.41, 5.74) is 3.19. The zero-order valence-electron chi connectivity index (χ0n) is 17.1. The molecule has 0 fully saturated rings. The third-order valence-corrected chi connectivity index (χ3v) is 5.18. The molecular formula is C23H21N5O2S. The molecule has 8 heteroatoms. The Hall–Kier alpha value is -3.78. The van der Waals surface area contributed by atoms with Gasteiger partial charge in [0.2, 0.25) is 5.91 Å². The molecule has 0 saturated heterocycles. The summed E-state index contributed by atoms with van der Waals surface area (Å²) in [7, 11) is 0. The summed E-state index contributed by atoms with van der Waals surface area (Å²) in [6, 6.07) is 15.0. The average molecular weight is 432 g/mol. The number of benzene rings is 2. The first-order valence-electron chi connectivity index (χ1n) is 9.68. The van der Waals surface area contributed by atoms with Gasteiger partial charge in [0.25, 0.3) is 0 Å². The summed E-state index contributed by atoms with van der Waals surface area (Å²) >= 11 is 1.59. The Morgan fingerprint density at radius 3 is 2.81 bits per heavy atom. The lowest BCUT2D eigenvalue weighted by Crippen LogP contribution is -2.07. The molecular weight excluding hydrogens is 410 g/mol. The second kappa shape index (κ2) is 9.36. The van der Waals surface area contributed by atoms with Crippen LogP contribution in [-0.4, -0.2) is 26.1 Å². The first-order valence-corrected chi connectivity index (χ1v) is 10.6. The van der Waals surface area contributed by atoms with Gasteiger partial charge < -0.3 is 10.1 Å². The van der Waals surface area contributed by atoms with E-state index in [9.17, 15) is 4.79 Å². The molecule has 0 bridgehead atoms. The molecule has 7 nitrogen and oxygen atoms in total. The third kappa shape index (κ3) is 5.43. The summed E-state index contributed by atoms with van der Waals surface area (Å²) < 4.78 is 5.90. The van der Waals surface area contributed by atoms with Crippen molar-refractivity contribution in [3.05, 3.63) is 82.1 Å². The number of hydrogen-bond donors (Lipinski definition) is 2. The molecule has 2 aromatic carbocycles. The van der Waals surface area contributed by atoms with Crippen molar-refractivity contribution < 1.29 is 9.53 Å².